The Balaban J connectivity index is 1.97. The first kappa shape index (κ1) is 17.6. The van der Waals surface area contributed by atoms with Gasteiger partial charge in [-0.05, 0) is 57.7 Å². The van der Waals surface area contributed by atoms with Gasteiger partial charge in [-0.15, -0.1) is 0 Å². The third-order valence-corrected chi connectivity index (χ3v) is 3.86. The lowest BCUT2D eigenvalue weighted by molar-refractivity contribution is 0.283. The standard InChI is InChI=1S/C22H29N/c1-18(2)20-11-9-10-19(16-20)17-23(21-12-13-21)15-8-6-7-14-22(3,4)5/h6,8-11,16,21H,1,12-13,15,17H2,2-5H3. The van der Waals surface area contributed by atoms with Crippen molar-refractivity contribution in [2.75, 3.05) is 6.54 Å². The van der Waals surface area contributed by atoms with Gasteiger partial charge >= 0.3 is 0 Å². The molecule has 0 atom stereocenters. The van der Waals surface area contributed by atoms with E-state index in [1.165, 1.54) is 24.0 Å². The van der Waals surface area contributed by atoms with E-state index in [9.17, 15) is 0 Å². The Hall–Kier alpha value is -1.78. The van der Waals surface area contributed by atoms with Crippen LogP contribution in [0.15, 0.2) is 43.0 Å². The van der Waals surface area contributed by atoms with E-state index in [0.29, 0.717) is 0 Å². The van der Waals surface area contributed by atoms with Crippen LogP contribution >= 0.6 is 0 Å². The summed E-state index contributed by atoms with van der Waals surface area (Å²) in [6.07, 6.45) is 6.84. The quantitative estimate of drug-likeness (QED) is 0.645. The zero-order valence-corrected chi connectivity index (χ0v) is 15.0. The number of hydrogen-bond acceptors (Lipinski definition) is 1. The Labute approximate surface area is 142 Å². The second-order valence-corrected chi connectivity index (χ2v) is 7.56. The highest BCUT2D eigenvalue weighted by Gasteiger charge is 2.28. The van der Waals surface area contributed by atoms with Gasteiger partial charge in [0.1, 0.15) is 0 Å². The smallest absolute Gasteiger partial charge is 0.0240 e. The molecular formula is C22H29N. The fourth-order valence-electron chi connectivity index (χ4n) is 2.46. The summed E-state index contributed by atoms with van der Waals surface area (Å²) in [6, 6.07) is 9.49. The predicted octanol–water partition coefficient (Wildman–Crippen LogP) is 5.29. The minimum atomic E-state index is 0.0729. The van der Waals surface area contributed by atoms with E-state index < -0.39 is 0 Å². The number of rotatable bonds is 6. The summed E-state index contributed by atoms with van der Waals surface area (Å²) in [5.74, 6) is 6.40. The van der Waals surface area contributed by atoms with Crippen LogP contribution in [-0.4, -0.2) is 17.5 Å². The molecule has 1 saturated carbocycles. The molecule has 0 saturated heterocycles. The molecule has 2 rings (SSSR count). The lowest BCUT2D eigenvalue weighted by atomic mass is 9.98. The summed E-state index contributed by atoms with van der Waals surface area (Å²) in [7, 11) is 0. The van der Waals surface area contributed by atoms with Crippen LogP contribution in [0.4, 0.5) is 0 Å². The first-order chi connectivity index (χ1) is 10.8. The first-order valence-corrected chi connectivity index (χ1v) is 8.52. The van der Waals surface area contributed by atoms with Crippen molar-refractivity contribution in [1.29, 1.82) is 0 Å². The Morgan fingerprint density at radius 3 is 2.70 bits per heavy atom. The van der Waals surface area contributed by atoms with E-state index in [0.717, 1.165) is 24.7 Å². The summed E-state index contributed by atoms with van der Waals surface area (Å²) in [4.78, 5) is 2.55. The largest absolute Gasteiger partial charge is 0.292 e. The molecule has 0 aliphatic heterocycles. The molecule has 1 aromatic rings. The van der Waals surface area contributed by atoms with Crippen molar-refractivity contribution >= 4 is 5.57 Å². The van der Waals surface area contributed by atoms with Crippen LogP contribution in [-0.2, 0) is 6.54 Å². The maximum absolute atomic E-state index is 4.04. The monoisotopic (exact) mass is 307 g/mol. The molecule has 1 heteroatoms. The molecule has 0 spiro atoms. The van der Waals surface area contributed by atoms with Crippen molar-refractivity contribution in [2.45, 2.75) is 53.1 Å². The van der Waals surface area contributed by atoms with Gasteiger partial charge in [-0.1, -0.05) is 54.3 Å². The van der Waals surface area contributed by atoms with E-state index >= 15 is 0 Å². The molecule has 1 fully saturated rings. The van der Waals surface area contributed by atoms with Crippen LogP contribution in [0, 0.1) is 17.3 Å². The van der Waals surface area contributed by atoms with Crippen molar-refractivity contribution in [2.24, 2.45) is 5.41 Å². The van der Waals surface area contributed by atoms with Crippen molar-refractivity contribution < 1.29 is 0 Å². The average Bonchev–Trinajstić information content (AvgIpc) is 3.29. The van der Waals surface area contributed by atoms with Crippen LogP contribution in [0.5, 0.6) is 0 Å². The summed E-state index contributed by atoms with van der Waals surface area (Å²) in [5, 5.41) is 0. The molecule has 122 valence electrons. The number of allylic oxidation sites excluding steroid dienone is 2. The molecule has 0 radical (unpaired) electrons. The van der Waals surface area contributed by atoms with Crippen LogP contribution in [0.1, 0.15) is 51.7 Å². The van der Waals surface area contributed by atoms with E-state index in [4.69, 9.17) is 0 Å². The zero-order valence-electron chi connectivity index (χ0n) is 15.0. The number of nitrogens with zero attached hydrogens (tertiary/aromatic N) is 1. The first-order valence-electron chi connectivity index (χ1n) is 8.52. The molecule has 1 aliphatic carbocycles. The maximum atomic E-state index is 4.04. The molecular weight excluding hydrogens is 278 g/mol. The highest BCUT2D eigenvalue weighted by Crippen LogP contribution is 2.28. The van der Waals surface area contributed by atoms with Gasteiger partial charge in [0.2, 0.25) is 0 Å². The van der Waals surface area contributed by atoms with Gasteiger partial charge < -0.3 is 0 Å². The van der Waals surface area contributed by atoms with Crippen molar-refractivity contribution in [3.05, 3.63) is 54.1 Å². The SMILES string of the molecule is C=C(C)c1cccc(CN(CC=CC#CC(C)(C)C)C2CC2)c1. The molecule has 0 aromatic heterocycles. The van der Waals surface area contributed by atoms with Crippen LogP contribution in [0.3, 0.4) is 0 Å². The lowest BCUT2D eigenvalue weighted by Gasteiger charge is -2.20. The second-order valence-electron chi connectivity index (χ2n) is 7.56. The van der Waals surface area contributed by atoms with E-state index in [1.807, 2.05) is 6.08 Å². The second kappa shape index (κ2) is 7.66. The van der Waals surface area contributed by atoms with Crippen molar-refractivity contribution in [3.8, 4) is 11.8 Å². The van der Waals surface area contributed by atoms with Crippen molar-refractivity contribution in [1.82, 2.24) is 4.90 Å². The van der Waals surface area contributed by atoms with Gasteiger partial charge in [-0.2, -0.15) is 0 Å². The van der Waals surface area contributed by atoms with Gasteiger partial charge in [0, 0.05) is 24.5 Å². The summed E-state index contributed by atoms with van der Waals surface area (Å²) < 4.78 is 0. The van der Waals surface area contributed by atoms with E-state index in [1.54, 1.807) is 0 Å². The molecule has 0 unspecified atom stereocenters. The number of benzene rings is 1. The minimum Gasteiger partial charge on any atom is -0.292 e. The van der Waals surface area contributed by atoms with Crippen LogP contribution in [0.25, 0.3) is 5.57 Å². The lowest BCUT2D eigenvalue weighted by Crippen LogP contribution is -2.25. The summed E-state index contributed by atoms with van der Waals surface area (Å²) >= 11 is 0. The van der Waals surface area contributed by atoms with Gasteiger partial charge in [-0.25, -0.2) is 0 Å². The van der Waals surface area contributed by atoms with Gasteiger partial charge in [0.05, 0.1) is 0 Å². The third-order valence-electron chi connectivity index (χ3n) is 3.86. The van der Waals surface area contributed by atoms with Crippen LogP contribution in [0.2, 0.25) is 0 Å². The topological polar surface area (TPSA) is 3.24 Å². The van der Waals surface area contributed by atoms with Crippen molar-refractivity contribution in [3.63, 3.8) is 0 Å². The fourth-order valence-corrected chi connectivity index (χ4v) is 2.46. The molecule has 1 nitrogen and oxygen atoms in total. The van der Waals surface area contributed by atoms with Crippen LogP contribution < -0.4 is 0 Å². The maximum Gasteiger partial charge on any atom is 0.0240 e. The summed E-state index contributed by atoms with van der Waals surface area (Å²) in [5.41, 5.74) is 3.81. The molecule has 0 N–H and O–H groups in total. The van der Waals surface area contributed by atoms with E-state index in [2.05, 4.69) is 81.4 Å². The zero-order chi connectivity index (χ0) is 16.9. The third kappa shape index (κ3) is 6.47. The molecule has 0 bridgehead atoms. The normalized spacial score (nSPS) is 14.8. The van der Waals surface area contributed by atoms with Gasteiger partial charge in [-0.3, -0.25) is 4.90 Å². The fraction of sp³-hybridized carbons (Fsp3) is 0.455. The Morgan fingerprint density at radius 2 is 2.09 bits per heavy atom. The van der Waals surface area contributed by atoms with Gasteiger partial charge in [0.15, 0.2) is 0 Å². The van der Waals surface area contributed by atoms with E-state index in [-0.39, 0.29) is 5.41 Å². The molecule has 0 amide bonds. The number of hydrogen-bond donors (Lipinski definition) is 0. The molecule has 23 heavy (non-hydrogen) atoms. The molecule has 0 heterocycles. The van der Waals surface area contributed by atoms with Gasteiger partial charge in [0.25, 0.3) is 0 Å². The molecule has 1 aromatic carbocycles. The average molecular weight is 307 g/mol. The summed E-state index contributed by atoms with van der Waals surface area (Å²) in [6.45, 7) is 14.5. The Bertz CT molecular complexity index is 630. The minimum absolute atomic E-state index is 0.0729. The molecule has 1 aliphatic rings. The Morgan fingerprint density at radius 1 is 1.35 bits per heavy atom. The highest BCUT2D eigenvalue weighted by molar-refractivity contribution is 5.61. The highest BCUT2D eigenvalue weighted by atomic mass is 15.2. The predicted molar refractivity (Wildman–Crippen MR) is 101 cm³/mol. The Kier molecular flexibility index (Phi) is 5.85.